The maximum atomic E-state index is 12.3. The number of para-hydroxylation sites is 1. The Labute approximate surface area is 413 Å². The predicted molar refractivity (Wildman–Crippen MR) is 271 cm³/mol. The third kappa shape index (κ3) is 9.43. The fourth-order valence-electron chi connectivity index (χ4n) is 8.55. The molecule has 0 radical (unpaired) electrons. The van der Waals surface area contributed by atoms with Crippen molar-refractivity contribution >= 4 is 11.0 Å². The van der Waals surface area contributed by atoms with Gasteiger partial charge < -0.3 is 5.11 Å². The van der Waals surface area contributed by atoms with Crippen molar-refractivity contribution in [3.8, 4) is 67.5 Å². The minimum atomic E-state index is -2.83. The summed E-state index contributed by atoms with van der Waals surface area (Å²) in [4.78, 5) is 10.3. The van der Waals surface area contributed by atoms with Crippen LogP contribution in [-0.2, 0) is 31.9 Å². The third-order valence-electron chi connectivity index (χ3n) is 12.2. The SMILES string of the molecule is [2H]c1c([2H])c(C([2H])([2H])[2H])c([2H])c([2H])c1-c1ccnc(-c2[c-]c(-c3cccc4c3nc(-c3cc(C(C)C)cc(C(C)C)c3O)n4-c3ccc(-c4ccccc4C(C)(C)C)c(C([2H])(C)C)c3)cc(C(C)(C)C)c2)c1.[Pt]. The Kier molecular flexibility index (Phi) is 10.6. The van der Waals surface area contributed by atoms with Gasteiger partial charge in [-0.25, -0.2) is 4.98 Å². The van der Waals surface area contributed by atoms with Gasteiger partial charge in [0.05, 0.1) is 22.1 Å². The van der Waals surface area contributed by atoms with Gasteiger partial charge in [-0.05, 0) is 110 Å². The van der Waals surface area contributed by atoms with Crippen LogP contribution in [0.4, 0.5) is 0 Å². The molecule has 8 aromatic rings. The molecule has 6 aromatic carbocycles. The molecule has 5 heteroatoms. The number of phenolic OH excluding ortho intramolecular Hbond substituents is 1. The number of rotatable bonds is 9. The standard InChI is InChI=1S/C60H64N3O.Pt/c1-36(2)42-32-51(38(5)6)57(64)52(33-42)58-62-56-47(43-29-44(31-45(30-43)59(8,9)10)54-34-41(27-28-61-54)40-23-21-39(7)22-24-40)18-16-20-55(56)63(58)46-25-26-48(50(35-46)37(3)4)49-17-14-15-19-53(49)60(11,12)13;/h14-28,30-38,64H,1-13H3;/q-1;/i7D3,21D,22D,23D,24D,37D;. The molecule has 0 unspecified atom stereocenters. The minimum Gasteiger partial charge on any atom is -0.507 e. The number of hydrogen-bond acceptors (Lipinski definition) is 3. The van der Waals surface area contributed by atoms with E-state index in [1.54, 1.807) is 18.3 Å². The number of benzene rings is 6. The molecule has 65 heavy (non-hydrogen) atoms. The predicted octanol–water partition coefficient (Wildman–Crippen LogP) is 16.5. The smallest absolute Gasteiger partial charge is 0.148 e. The van der Waals surface area contributed by atoms with Crippen molar-refractivity contribution in [1.82, 2.24) is 14.5 Å². The normalized spacial score (nSPS) is 14.2. The van der Waals surface area contributed by atoms with Gasteiger partial charge in [-0.3, -0.25) is 9.55 Å². The topological polar surface area (TPSA) is 50.9 Å². The first-order valence-corrected chi connectivity index (χ1v) is 22.3. The van der Waals surface area contributed by atoms with E-state index in [-0.39, 0.29) is 55.0 Å². The van der Waals surface area contributed by atoms with Crippen LogP contribution in [-0.4, -0.2) is 19.6 Å². The van der Waals surface area contributed by atoms with Gasteiger partial charge in [-0.1, -0.05) is 179 Å². The zero-order chi connectivity index (χ0) is 52.7. The second kappa shape index (κ2) is 18.4. The molecular weight excluding hydrogens is 974 g/mol. The molecule has 0 aliphatic carbocycles. The van der Waals surface area contributed by atoms with Crippen LogP contribution in [0.15, 0.2) is 127 Å². The van der Waals surface area contributed by atoms with Crippen molar-refractivity contribution < 1.29 is 37.1 Å². The van der Waals surface area contributed by atoms with Crippen LogP contribution in [0.2, 0.25) is 0 Å². The number of imidazole rings is 1. The van der Waals surface area contributed by atoms with Crippen molar-refractivity contribution in [2.45, 2.75) is 118 Å². The molecule has 1 N–H and O–H groups in total. The maximum Gasteiger partial charge on any atom is 0.148 e. The second-order valence-electron chi connectivity index (χ2n) is 19.9. The van der Waals surface area contributed by atoms with E-state index in [4.69, 9.17) is 19.6 Å². The van der Waals surface area contributed by atoms with Gasteiger partial charge in [0.2, 0.25) is 0 Å². The van der Waals surface area contributed by atoms with Gasteiger partial charge in [0.25, 0.3) is 0 Å². The Morgan fingerprint density at radius 1 is 0.677 bits per heavy atom. The van der Waals surface area contributed by atoms with Crippen LogP contribution in [0.1, 0.15) is 145 Å². The largest absolute Gasteiger partial charge is 0.507 e. The summed E-state index contributed by atoms with van der Waals surface area (Å²) >= 11 is 0. The van der Waals surface area contributed by atoms with E-state index in [0.717, 1.165) is 55.7 Å². The molecule has 4 nitrogen and oxygen atoms in total. The molecule has 336 valence electrons. The van der Waals surface area contributed by atoms with Crippen molar-refractivity contribution in [2.75, 3.05) is 0 Å². The van der Waals surface area contributed by atoms with Crippen molar-refractivity contribution in [3.63, 3.8) is 0 Å². The number of pyridine rings is 1. The average Bonchev–Trinajstić information content (AvgIpc) is 3.69. The van der Waals surface area contributed by atoms with Gasteiger partial charge >= 0.3 is 0 Å². The molecule has 0 bridgehead atoms. The summed E-state index contributed by atoms with van der Waals surface area (Å²) < 4.78 is 70.3. The first-order valence-electron chi connectivity index (χ1n) is 26.3. The summed E-state index contributed by atoms with van der Waals surface area (Å²) in [5.74, 6) is -0.127. The Balaban J connectivity index is 0.00000780. The molecule has 0 aliphatic heterocycles. The average molecular weight is 1050 g/mol. The van der Waals surface area contributed by atoms with E-state index < -0.39 is 42.5 Å². The monoisotopic (exact) mass is 1050 g/mol. The Morgan fingerprint density at radius 3 is 2.05 bits per heavy atom. The number of hydrogen-bond donors (Lipinski definition) is 1. The molecule has 0 saturated heterocycles. The van der Waals surface area contributed by atoms with E-state index in [0.29, 0.717) is 33.7 Å². The zero-order valence-electron chi connectivity index (χ0n) is 47.6. The Hall–Kier alpha value is -5.57. The molecule has 0 saturated carbocycles. The number of fused-ring (bicyclic) bond motifs is 1. The van der Waals surface area contributed by atoms with Crippen LogP contribution in [0.3, 0.4) is 0 Å². The first kappa shape index (κ1) is 37.6. The zero-order valence-corrected chi connectivity index (χ0v) is 41.8. The maximum absolute atomic E-state index is 12.3. The van der Waals surface area contributed by atoms with E-state index in [2.05, 4.69) is 128 Å². The Bertz CT molecular complexity index is 3400. The van der Waals surface area contributed by atoms with E-state index in [1.165, 1.54) is 5.56 Å². The van der Waals surface area contributed by atoms with Crippen LogP contribution >= 0.6 is 0 Å². The molecule has 2 heterocycles. The summed E-state index contributed by atoms with van der Waals surface area (Å²) in [7, 11) is 0. The third-order valence-corrected chi connectivity index (χ3v) is 12.2. The molecule has 8 rings (SSSR count). The van der Waals surface area contributed by atoms with Gasteiger partial charge in [-0.2, -0.15) is 0 Å². The van der Waals surface area contributed by atoms with Gasteiger partial charge in [0, 0.05) is 44.1 Å². The molecule has 2 aromatic heterocycles. The Morgan fingerprint density at radius 2 is 1.38 bits per heavy atom. The van der Waals surface area contributed by atoms with Gasteiger partial charge in [0.15, 0.2) is 0 Å². The van der Waals surface area contributed by atoms with Crippen LogP contribution in [0.25, 0.3) is 72.7 Å². The molecule has 0 fully saturated rings. The summed E-state index contributed by atoms with van der Waals surface area (Å²) in [5, 5.41) is 12.3. The van der Waals surface area contributed by atoms with Crippen molar-refractivity contribution in [2.24, 2.45) is 0 Å². The van der Waals surface area contributed by atoms with Gasteiger partial charge in [-0.15, -0.1) is 29.3 Å². The summed E-state index contributed by atoms with van der Waals surface area (Å²) in [5.41, 5.74) is 11.5. The van der Waals surface area contributed by atoms with Crippen molar-refractivity contribution in [1.29, 1.82) is 0 Å². The number of nitrogens with zero attached hydrogens (tertiary/aromatic N) is 3. The fraction of sp³-hybridized carbons (Fsp3) is 0.300. The van der Waals surface area contributed by atoms with Crippen LogP contribution < -0.4 is 0 Å². The molecule has 0 atom stereocenters. The quantitative estimate of drug-likeness (QED) is 0.147. The molecule has 0 amide bonds. The summed E-state index contributed by atoms with van der Waals surface area (Å²) in [6.45, 7) is 22.4. The molecular formula is C60H64N3OPt-. The van der Waals surface area contributed by atoms with Crippen LogP contribution in [0.5, 0.6) is 5.75 Å². The van der Waals surface area contributed by atoms with E-state index in [1.807, 2.05) is 50.2 Å². The summed E-state index contributed by atoms with van der Waals surface area (Å²) in [6.07, 6.45) is 1.54. The fourth-order valence-corrected chi connectivity index (χ4v) is 8.55. The molecule has 0 aliphatic rings. The number of aromatic nitrogens is 3. The number of phenols is 1. The van der Waals surface area contributed by atoms with Gasteiger partial charge in [0.1, 0.15) is 11.6 Å². The van der Waals surface area contributed by atoms with E-state index >= 15 is 0 Å². The van der Waals surface area contributed by atoms with Crippen LogP contribution in [0, 0.1) is 12.9 Å². The first-order chi connectivity index (χ1) is 33.5. The second-order valence-corrected chi connectivity index (χ2v) is 19.9. The van der Waals surface area contributed by atoms with Crippen molar-refractivity contribution in [3.05, 3.63) is 167 Å². The minimum absolute atomic E-state index is 0. The summed E-state index contributed by atoms with van der Waals surface area (Å²) in [6, 6.07) is 33.9. The van der Waals surface area contributed by atoms with E-state index in [9.17, 15) is 6.48 Å². The molecule has 0 spiro atoms. The number of aromatic hydroxyl groups is 1.